The number of rotatable bonds is 4. The summed E-state index contributed by atoms with van der Waals surface area (Å²) in [4.78, 5) is 5.00. The van der Waals surface area contributed by atoms with Crippen molar-refractivity contribution < 1.29 is 0 Å². The zero-order valence-electron chi connectivity index (χ0n) is 47.2. The average Bonchev–Trinajstić information content (AvgIpc) is 0.680. The fraction of sp³-hybridized carbons (Fsp3) is 0.0488. The summed E-state index contributed by atoms with van der Waals surface area (Å²) in [5.41, 5.74) is 33.1. The third kappa shape index (κ3) is 6.13. The summed E-state index contributed by atoms with van der Waals surface area (Å²) >= 11 is 0. The first kappa shape index (κ1) is 48.0. The number of hydrogen-bond acceptors (Lipinski definition) is 2. The molecule has 0 bridgehead atoms. The van der Waals surface area contributed by atoms with Crippen molar-refractivity contribution in [2.24, 2.45) is 0 Å². The van der Waals surface area contributed by atoms with Gasteiger partial charge in [0.05, 0.1) is 33.6 Å². The summed E-state index contributed by atoms with van der Waals surface area (Å²) in [6.07, 6.45) is 0. The number of nitrogens with zero attached hydrogens (tertiary/aromatic N) is 2. The maximum atomic E-state index is 2.76. The maximum absolute atomic E-state index is 2.76. The molecule has 4 heterocycles. The van der Waals surface area contributed by atoms with Crippen LogP contribution in [0.1, 0.15) is 89.7 Å². The molecule has 2 atom stereocenters. The van der Waals surface area contributed by atoms with Crippen LogP contribution in [0.4, 0.5) is 34.1 Å². The smallest absolute Gasteiger partial charge is 0.241 e. The summed E-state index contributed by atoms with van der Waals surface area (Å²) < 4.78 is 0. The Bertz CT molecular complexity index is 4540. The first-order valence-corrected chi connectivity index (χ1v) is 30.6. The van der Waals surface area contributed by atoms with E-state index in [2.05, 4.69) is 325 Å². The van der Waals surface area contributed by atoms with Crippen molar-refractivity contribution in [2.45, 2.75) is 22.7 Å². The fourth-order valence-corrected chi connectivity index (χ4v) is 17.8. The van der Waals surface area contributed by atoms with Crippen LogP contribution in [0.5, 0.6) is 0 Å². The minimum atomic E-state index is -0.630. The van der Waals surface area contributed by atoms with E-state index < -0.39 is 10.8 Å². The van der Waals surface area contributed by atoms with Gasteiger partial charge >= 0.3 is 0 Å². The molecule has 398 valence electrons. The molecule has 0 saturated carbocycles. The van der Waals surface area contributed by atoms with E-state index in [0.29, 0.717) is 0 Å². The van der Waals surface area contributed by atoms with E-state index >= 15 is 0 Å². The van der Waals surface area contributed by atoms with Gasteiger partial charge in [-0.05, 0) is 126 Å². The van der Waals surface area contributed by atoms with Crippen molar-refractivity contribution in [1.82, 2.24) is 0 Å². The van der Waals surface area contributed by atoms with Crippen LogP contribution in [0.2, 0.25) is 0 Å². The Labute approximate surface area is 503 Å². The molecule has 4 heteroatoms. The van der Waals surface area contributed by atoms with Crippen molar-refractivity contribution in [3.05, 3.63) is 393 Å². The average molecular weight is 1090 g/mol. The number of fused-ring (bicyclic) bond motifs is 20. The minimum Gasteiger partial charge on any atom is -0.310 e. The molecule has 4 aliphatic heterocycles. The van der Waals surface area contributed by atoms with Gasteiger partial charge in [0, 0.05) is 23.2 Å². The number of anilines is 6. The lowest BCUT2D eigenvalue weighted by atomic mass is 9.28. The van der Waals surface area contributed by atoms with E-state index in [4.69, 9.17) is 0 Å². The van der Waals surface area contributed by atoms with Gasteiger partial charge < -0.3 is 9.80 Å². The topological polar surface area (TPSA) is 6.48 Å². The Morgan fingerprint density at radius 2 is 0.535 bits per heavy atom. The third-order valence-electron chi connectivity index (χ3n) is 20.7. The van der Waals surface area contributed by atoms with Crippen LogP contribution in [-0.4, -0.2) is 13.4 Å². The van der Waals surface area contributed by atoms with Crippen molar-refractivity contribution in [3.8, 4) is 0 Å². The Balaban J connectivity index is 0.915. The second kappa shape index (κ2) is 18.1. The minimum absolute atomic E-state index is 0.0335. The molecule has 0 fully saturated rings. The maximum Gasteiger partial charge on any atom is 0.241 e. The summed E-state index contributed by atoms with van der Waals surface area (Å²) in [5, 5.41) is 0. The van der Waals surface area contributed by atoms with Gasteiger partial charge in [0.15, 0.2) is 0 Å². The molecule has 0 radical (unpaired) electrons. The van der Waals surface area contributed by atoms with E-state index in [1.807, 2.05) is 0 Å². The van der Waals surface area contributed by atoms with Gasteiger partial charge in [0.25, 0.3) is 0 Å². The highest BCUT2D eigenvalue weighted by Gasteiger charge is 2.57. The number of para-hydroxylation sites is 6. The predicted molar refractivity (Wildman–Crippen MR) is 357 cm³/mol. The monoisotopic (exact) mass is 1090 g/mol. The Morgan fingerprint density at radius 1 is 0.233 bits per heavy atom. The quantitative estimate of drug-likeness (QED) is 0.162. The standard InChI is InChI=1S/C82H54B2N2/c1-5-27-53(28-6-1)83-69-45-25-43-67-79(69)77(57-35-13-15-37-61(57)81(67)63-39-17-21-47-73(63)85(55-31-9-3-10-32-55)74-48-22-18-40-64(74)81)59-51-60-72(52-71(59)83)84(54-29-7-2-8-30-54)70-46-26-44-68-80(70)78(60)58-36-14-16-38-62(58)82(68)65-41-19-23-49-75(65)86(56-33-11-4-12-34-56)76-50-24-20-42-66(76)82/h1-52,77-78H. The van der Waals surface area contributed by atoms with Gasteiger partial charge in [-0.15, -0.1) is 0 Å². The van der Waals surface area contributed by atoms with E-state index in [-0.39, 0.29) is 25.3 Å². The van der Waals surface area contributed by atoms with Crippen LogP contribution < -0.4 is 42.6 Å². The van der Waals surface area contributed by atoms with E-state index in [0.717, 1.165) is 11.4 Å². The molecule has 2 spiro atoms. The van der Waals surface area contributed by atoms with E-state index in [1.165, 1.54) is 133 Å². The van der Waals surface area contributed by atoms with Gasteiger partial charge in [0.1, 0.15) is 0 Å². The molecule has 0 saturated heterocycles. The molecular weight excluding hydrogens is 1030 g/mol. The van der Waals surface area contributed by atoms with E-state index in [1.54, 1.807) is 0 Å². The zero-order chi connectivity index (χ0) is 56.2. The number of benzene rings is 13. The van der Waals surface area contributed by atoms with Crippen LogP contribution in [0.15, 0.2) is 315 Å². The van der Waals surface area contributed by atoms with Crippen LogP contribution in [0, 0.1) is 0 Å². The highest BCUT2D eigenvalue weighted by atomic mass is 15.2. The highest BCUT2D eigenvalue weighted by molar-refractivity contribution is 6.99. The Morgan fingerprint density at radius 3 is 0.907 bits per heavy atom. The van der Waals surface area contributed by atoms with Gasteiger partial charge in [-0.3, -0.25) is 0 Å². The van der Waals surface area contributed by atoms with Crippen LogP contribution in [0.3, 0.4) is 0 Å². The molecular formula is C82H54B2N2. The number of hydrogen-bond donors (Lipinski definition) is 0. The molecule has 0 aromatic heterocycles. The van der Waals surface area contributed by atoms with Crippen molar-refractivity contribution in [1.29, 1.82) is 0 Å². The highest BCUT2D eigenvalue weighted by Crippen LogP contribution is 2.65. The summed E-state index contributed by atoms with van der Waals surface area (Å²) in [6.45, 7) is -0.0671. The lowest BCUT2D eigenvalue weighted by molar-refractivity contribution is 0.670. The van der Waals surface area contributed by atoms with Crippen LogP contribution >= 0.6 is 0 Å². The lowest BCUT2D eigenvalue weighted by Crippen LogP contribution is -2.64. The molecule has 13 aromatic carbocycles. The van der Waals surface area contributed by atoms with Crippen LogP contribution in [-0.2, 0) is 10.8 Å². The Hall–Kier alpha value is -10.4. The third-order valence-corrected chi connectivity index (χ3v) is 20.7. The van der Waals surface area contributed by atoms with Gasteiger partial charge in [-0.1, -0.05) is 300 Å². The normalized spacial score (nSPS) is 16.7. The zero-order valence-corrected chi connectivity index (χ0v) is 47.2. The second-order valence-corrected chi connectivity index (χ2v) is 24.4. The molecule has 13 aromatic rings. The molecule has 0 N–H and O–H groups in total. The summed E-state index contributed by atoms with van der Waals surface area (Å²) in [7, 11) is 0. The molecule has 2 aliphatic carbocycles. The predicted octanol–water partition coefficient (Wildman–Crippen LogP) is 14.7. The molecule has 6 aliphatic rings. The van der Waals surface area contributed by atoms with Gasteiger partial charge in [-0.25, -0.2) is 0 Å². The molecule has 2 unspecified atom stereocenters. The van der Waals surface area contributed by atoms with Crippen molar-refractivity contribution in [3.63, 3.8) is 0 Å². The first-order valence-electron chi connectivity index (χ1n) is 30.6. The van der Waals surface area contributed by atoms with E-state index in [9.17, 15) is 0 Å². The molecule has 86 heavy (non-hydrogen) atoms. The van der Waals surface area contributed by atoms with Crippen molar-refractivity contribution >= 4 is 80.3 Å². The molecule has 2 nitrogen and oxygen atoms in total. The van der Waals surface area contributed by atoms with Crippen molar-refractivity contribution in [2.75, 3.05) is 9.80 Å². The SMILES string of the molecule is c1ccc(B2c3cc4c(cc3C3c5ccccc5C5(c6ccccc6N(c6ccccc6)c6ccccc65)c5cccc2c53)C2c3ccccc3C3(c5ccccc5N(c5ccccc5)c5ccccc53)c3cccc(c32)B4c2ccccc2)cc1. The largest absolute Gasteiger partial charge is 0.310 e. The summed E-state index contributed by atoms with van der Waals surface area (Å²) in [6, 6.07) is 121. The van der Waals surface area contributed by atoms with Gasteiger partial charge in [0.2, 0.25) is 13.4 Å². The fourth-order valence-electron chi connectivity index (χ4n) is 17.8. The molecule has 0 amide bonds. The Kier molecular flexibility index (Phi) is 10.1. The summed E-state index contributed by atoms with van der Waals surface area (Å²) in [5.74, 6) is -0.0966. The lowest BCUT2D eigenvalue weighted by Gasteiger charge is -2.53. The first-order chi connectivity index (χ1) is 42.7. The molecule has 19 rings (SSSR count). The van der Waals surface area contributed by atoms with Gasteiger partial charge in [-0.2, -0.15) is 0 Å². The second-order valence-electron chi connectivity index (χ2n) is 24.4. The van der Waals surface area contributed by atoms with Crippen LogP contribution in [0.25, 0.3) is 0 Å².